The van der Waals surface area contributed by atoms with E-state index in [1.54, 1.807) is 24.3 Å². The van der Waals surface area contributed by atoms with Crippen LogP contribution in [0.1, 0.15) is 11.1 Å². The van der Waals surface area contributed by atoms with E-state index in [0.29, 0.717) is 11.1 Å². The molecule has 0 aliphatic rings. The summed E-state index contributed by atoms with van der Waals surface area (Å²) in [5.41, 5.74) is 8.10. The SMILES string of the molecule is NC(=S)NN=Cc1ccc(-c2cc(C(F)(F)F)cc(Cl)n2)cc1. The quantitative estimate of drug-likeness (QED) is 0.381. The molecule has 0 aliphatic carbocycles. The Kier molecular flexibility index (Phi) is 5.17. The number of hydrogen-bond donors (Lipinski definition) is 2. The van der Waals surface area contributed by atoms with Gasteiger partial charge < -0.3 is 5.73 Å². The van der Waals surface area contributed by atoms with E-state index < -0.39 is 11.7 Å². The fourth-order valence-electron chi connectivity index (χ4n) is 1.72. The van der Waals surface area contributed by atoms with Gasteiger partial charge in [0.25, 0.3) is 0 Å². The number of nitrogens with two attached hydrogens (primary N) is 1. The number of halogens is 4. The summed E-state index contributed by atoms with van der Waals surface area (Å²) in [6.45, 7) is 0. The van der Waals surface area contributed by atoms with Crippen molar-refractivity contribution in [3.05, 3.63) is 52.7 Å². The predicted molar refractivity (Wildman–Crippen MR) is 87.2 cm³/mol. The lowest BCUT2D eigenvalue weighted by Gasteiger charge is -2.09. The number of alkyl halides is 3. The Bertz CT molecular complexity index is 745. The molecule has 1 heterocycles. The second-order valence-electron chi connectivity index (χ2n) is 4.42. The third-order valence-corrected chi connectivity index (χ3v) is 3.00. The third-order valence-electron chi connectivity index (χ3n) is 2.72. The maximum absolute atomic E-state index is 12.8. The van der Waals surface area contributed by atoms with Gasteiger partial charge in [0.2, 0.25) is 0 Å². The molecule has 23 heavy (non-hydrogen) atoms. The number of thiocarbonyl (C=S) groups is 1. The maximum atomic E-state index is 12.8. The van der Waals surface area contributed by atoms with Crippen LogP contribution in [0.15, 0.2) is 41.5 Å². The van der Waals surface area contributed by atoms with Gasteiger partial charge in [0, 0.05) is 5.56 Å². The van der Waals surface area contributed by atoms with Crippen LogP contribution in [0.4, 0.5) is 13.2 Å². The molecular weight excluding hydrogens is 349 g/mol. The molecule has 4 nitrogen and oxygen atoms in total. The summed E-state index contributed by atoms with van der Waals surface area (Å²) < 4.78 is 38.4. The van der Waals surface area contributed by atoms with Crippen molar-refractivity contribution < 1.29 is 13.2 Å². The van der Waals surface area contributed by atoms with Gasteiger partial charge in [0.05, 0.1) is 17.5 Å². The molecule has 0 bridgehead atoms. The first kappa shape index (κ1) is 17.2. The van der Waals surface area contributed by atoms with Crippen LogP contribution in [0.5, 0.6) is 0 Å². The van der Waals surface area contributed by atoms with E-state index in [-0.39, 0.29) is 16.0 Å². The number of hydrazone groups is 1. The summed E-state index contributed by atoms with van der Waals surface area (Å²) in [5, 5.41) is 3.58. The van der Waals surface area contributed by atoms with Crippen LogP contribution in [0.3, 0.4) is 0 Å². The van der Waals surface area contributed by atoms with Crippen molar-refractivity contribution in [1.82, 2.24) is 10.4 Å². The van der Waals surface area contributed by atoms with E-state index >= 15 is 0 Å². The lowest BCUT2D eigenvalue weighted by molar-refractivity contribution is -0.137. The van der Waals surface area contributed by atoms with Gasteiger partial charge in [-0.3, -0.25) is 5.43 Å². The summed E-state index contributed by atoms with van der Waals surface area (Å²) in [4.78, 5) is 3.92. The normalized spacial score (nSPS) is 11.7. The lowest BCUT2D eigenvalue weighted by atomic mass is 10.1. The Morgan fingerprint density at radius 3 is 2.48 bits per heavy atom. The number of aromatic nitrogens is 1. The highest BCUT2D eigenvalue weighted by atomic mass is 35.5. The highest BCUT2D eigenvalue weighted by Gasteiger charge is 2.31. The molecule has 120 valence electrons. The van der Waals surface area contributed by atoms with Crippen molar-refractivity contribution in [3.63, 3.8) is 0 Å². The van der Waals surface area contributed by atoms with Crippen molar-refractivity contribution >= 4 is 35.1 Å². The minimum absolute atomic E-state index is 0.0284. The summed E-state index contributed by atoms with van der Waals surface area (Å²) in [5.74, 6) is 0. The first-order valence-electron chi connectivity index (χ1n) is 6.19. The van der Waals surface area contributed by atoms with E-state index in [1.165, 1.54) is 6.21 Å². The molecule has 0 atom stereocenters. The number of benzene rings is 1. The Morgan fingerprint density at radius 2 is 1.91 bits per heavy atom. The number of nitrogens with zero attached hydrogens (tertiary/aromatic N) is 2. The summed E-state index contributed by atoms with van der Waals surface area (Å²) >= 11 is 10.3. The standard InChI is InChI=1S/C14H10ClF3N4S/c15-12-6-10(14(16,17)18)5-11(21-12)9-3-1-8(2-4-9)7-20-22-13(19)23/h1-7H,(H3,19,22,23). The highest BCUT2D eigenvalue weighted by molar-refractivity contribution is 7.80. The molecule has 9 heteroatoms. The smallest absolute Gasteiger partial charge is 0.375 e. The topological polar surface area (TPSA) is 63.3 Å². The predicted octanol–water partition coefficient (Wildman–Crippen LogP) is 3.59. The van der Waals surface area contributed by atoms with Crippen LogP contribution in [-0.4, -0.2) is 16.3 Å². The maximum Gasteiger partial charge on any atom is 0.416 e. The van der Waals surface area contributed by atoms with Crippen LogP contribution in [0, 0.1) is 0 Å². The highest BCUT2D eigenvalue weighted by Crippen LogP contribution is 2.33. The second-order valence-corrected chi connectivity index (χ2v) is 5.24. The molecule has 2 aromatic rings. The van der Waals surface area contributed by atoms with Gasteiger partial charge in [0.15, 0.2) is 5.11 Å². The molecule has 0 fully saturated rings. The first-order valence-corrected chi connectivity index (χ1v) is 6.98. The van der Waals surface area contributed by atoms with Crippen molar-refractivity contribution in [2.75, 3.05) is 0 Å². The summed E-state index contributed by atoms with van der Waals surface area (Å²) in [6, 6.07) is 8.28. The number of hydrogen-bond acceptors (Lipinski definition) is 3. The summed E-state index contributed by atoms with van der Waals surface area (Å²) in [6.07, 6.45) is -3.02. The van der Waals surface area contributed by atoms with Crippen LogP contribution in [0.25, 0.3) is 11.3 Å². The lowest BCUT2D eigenvalue weighted by Crippen LogP contribution is -2.23. The first-order chi connectivity index (χ1) is 10.8. The molecule has 2 rings (SSSR count). The molecule has 0 amide bonds. The summed E-state index contributed by atoms with van der Waals surface area (Å²) in [7, 11) is 0. The van der Waals surface area contributed by atoms with E-state index in [0.717, 1.165) is 12.1 Å². The monoisotopic (exact) mass is 358 g/mol. The largest absolute Gasteiger partial charge is 0.416 e. The second kappa shape index (κ2) is 6.93. The van der Waals surface area contributed by atoms with Gasteiger partial charge >= 0.3 is 6.18 Å². The zero-order valence-corrected chi connectivity index (χ0v) is 13.0. The average Bonchev–Trinajstić information content (AvgIpc) is 2.46. The van der Waals surface area contributed by atoms with E-state index in [1.807, 2.05) is 0 Å². The molecule has 3 N–H and O–H groups in total. The fraction of sp³-hybridized carbons (Fsp3) is 0.0714. The minimum atomic E-state index is -4.49. The molecule has 0 spiro atoms. The molecule has 0 radical (unpaired) electrons. The molecule has 0 aliphatic heterocycles. The fourth-order valence-corrected chi connectivity index (χ4v) is 1.98. The number of rotatable bonds is 3. The molecule has 1 aromatic carbocycles. The van der Waals surface area contributed by atoms with Crippen LogP contribution in [-0.2, 0) is 6.18 Å². The number of nitrogens with one attached hydrogen (secondary N) is 1. The van der Waals surface area contributed by atoms with Crippen LogP contribution >= 0.6 is 23.8 Å². The molecule has 0 unspecified atom stereocenters. The Hall–Kier alpha value is -2.19. The van der Waals surface area contributed by atoms with Gasteiger partial charge in [-0.1, -0.05) is 35.9 Å². The van der Waals surface area contributed by atoms with Crippen molar-refractivity contribution in [2.24, 2.45) is 10.8 Å². The van der Waals surface area contributed by atoms with Gasteiger partial charge in [-0.25, -0.2) is 4.98 Å². The zero-order chi connectivity index (χ0) is 17.0. The average molecular weight is 359 g/mol. The Morgan fingerprint density at radius 1 is 1.26 bits per heavy atom. The van der Waals surface area contributed by atoms with Gasteiger partial charge in [0.1, 0.15) is 5.15 Å². The third kappa shape index (κ3) is 4.90. The Labute approximate surface area is 140 Å². The molecular formula is C14H10ClF3N4S. The van der Waals surface area contributed by atoms with E-state index in [9.17, 15) is 13.2 Å². The van der Waals surface area contributed by atoms with Crippen LogP contribution in [0.2, 0.25) is 5.15 Å². The van der Waals surface area contributed by atoms with Crippen molar-refractivity contribution in [1.29, 1.82) is 0 Å². The van der Waals surface area contributed by atoms with Gasteiger partial charge in [-0.2, -0.15) is 18.3 Å². The Balaban J connectivity index is 2.27. The van der Waals surface area contributed by atoms with Crippen molar-refractivity contribution in [2.45, 2.75) is 6.18 Å². The van der Waals surface area contributed by atoms with Crippen LogP contribution < -0.4 is 11.2 Å². The van der Waals surface area contributed by atoms with Gasteiger partial charge in [-0.05, 0) is 29.9 Å². The molecule has 0 saturated heterocycles. The molecule has 1 aromatic heterocycles. The molecule has 0 saturated carbocycles. The minimum Gasteiger partial charge on any atom is -0.375 e. The zero-order valence-electron chi connectivity index (χ0n) is 11.4. The van der Waals surface area contributed by atoms with E-state index in [4.69, 9.17) is 17.3 Å². The number of pyridine rings is 1. The van der Waals surface area contributed by atoms with Gasteiger partial charge in [-0.15, -0.1) is 0 Å². The van der Waals surface area contributed by atoms with Crippen molar-refractivity contribution in [3.8, 4) is 11.3 Å². The van der Waals surface area contributed by atoms with E-state index in [2.05, 4.69) is 27.7 Å².